The van der Waals surface area contributed by atoms with Crippen LogP contribution in [-0.4, -0.2) is 56.0 Å². The molecule has 4 heterocycles. The Morgan fingerprint density at radius 2 is 1.81 bits per heavy atom. The number of aromatic nitrogens is 3. The van der Waals surface area contributed by atoms with Crippen LogP contribution in [0.4, 0.5) is 15.3 Å². The van der Waals surface area contributed by atoms with E-state index >= 15 is 0 Å². The first kappa shape index (κ1) is 25.5. The standard InChI is InChI=1S/C27H35N5O4/c1-26(2,3)35-24(33)29-19-12-14-32-23(15-19)20(16-28-32)22-11-7-10-21(30-22)18-9-8-13-31(17-18)25(34)36-27(4,5)6/h7,10-12,14-16,18H,8-9,13,17H2,1-6H3,(H,29,33). The van der Waals surface area contributed by atoms with E-state index in [4.69, 9.17) is 14.5 Å². The fraction of sp³-hybridized carbons (Fsp3) is 0.481. The van der Waals surface area contributed by atoms with E-state index in [1.54, 1.807) is 27.9 Å². The van der Waals surface area contributed by atoms with Gasteiger partial charge in [0.2, 0.25) is 0 Å². The molecule has 2 amide bonds. The van der Waals surface area contributed by atoms with Crippen molar-refractivity contribution in [1.82, 2.24) is 19.5 Å². The molecule has 0 aromatic carbocycles. The van der Waals surface area contributed by atoms with Crippen molar-refractivity contribution in [2.24, 2.45) is 0 Å². The number of fused-ring (bicyclic) bond motifs is 1. The number of nitrogens with zero attached hydrogens (tertiary/aromatic N) is 4. The van der Waals surface area contributed by atoms with Gasteiger partial charge >= 0.3 is 12.2 Å². The number of ether oxygens (including phenoxy) is 2. The highest BCUT2D eigenvalue weighted by Gasteiger charge is 2.29. The zero-order valence-corrected chi connectivity index (χ0v) is 21.9. The first-order valence-corrected chi connectivity index (χ1v) is 12.3. The van der Waals surface area contributed by atoms with Crippen molar-refractivity contribution < 1.29 is 19.1 Å². The highest BCUT2D eigenvalue weighted by atomic mass is 16.6. The molecule has 0 spiro atoms. The summed E-state index contributed by atoms with van der Waals surface area (Å²) in [5.41, 5.74) is 2.88. The largest absolute Gasteiger partial charge is 0.444 e. The third kappa shape index (κ3) is 6.33. The van der Waals surface area contributed by atoms with Gasteiger partial charge in [-0.2, -0.15) is 5.10 Å². The molecular formula is C27H35N5O4. The Labute approximate surface area is 211 Å². The molecule has 36 heavy (non-hydrogen) atoms. The second-order valence-corrected chi connectivity index (χ2v) is 11.1. The van der Waals surface area contributed by atoms with Crippen molar-refractivity contribution in [3.63, 3.8) is 0 Å². The number of nitrogens with one attached hydrogen (secondary N) is 1. The minimum absolute atomic E-state index is 0.123. The Hall–Kier alpha value is -3.62. The van der Waals surface area contributed by atoms with E-state index in [0.717, 1.165) is 35.3 Å². The molecule has 1 aliphatic rings. The lowest BCUT2D eigenvalue weighted by Gasteiger charge is -2.34. The third-order valence-corrected chi connectivity index (χ3v) is 5.70. The molecule has 9 nitrogen and oxygen atoms in total. The normalized spacial score (nSPS) is 16.6. The smallest absolute Gasteiger partial charge is 0.412 e. The molecule has 1 aliphatic heterocycles. The van der Waals surface area contributed by atoms with E-state index in [1.807, 2.05) is 65.8 Å². The molecule has 0 saturated carbocycles. The number of hydrogen-bond donors (Lipinski definition) is 1. The van der Waals surface area contributed by atoms with Gasteiger partial charge in [0, 0.05) is 42.1 Å². The van der Waals surface area contributed by atoms with Crippen LogP contribution in [0, 0.1) is 0 Å². The number of piperidine rings is 1. The van der Waals surface area contributed by atoms with Crippen molar-refractivity contribution in [3.8, 4) is 11.3 Å². The summed E-state index contributed by atoms with van der Waals surface area (Å²) in [5, 5.41) is 7.23. The molecule has 192 valence electrons. The predicted molar refractivity (Wildman–Crippen MR) is 138 cm³/mol. The van der Waals surface area contributed by atoms with Crippen LogP contribution >= 0.6 is 0 Å². The second-order valence-electron chi connectivity index (χ2n) is 11.1. The molecule has 1 N–H and O–H groups in total. The highest BCUT2D eigenvalue weighted by Crippen LogP contribution is 2.30. The van der Waals surface area contributed by atoms with Crippen molar-refractivity contribution in [2.45, 2.75) is 71.5 Å². The fourth-order valence-electron chi connectivity index (χ4n) is 4.22. The van der Waals surface area contributed by atoms with Crippen LogP contribution in [0.3, 0.4) is 0 Å². The minimum Gasteiger partial charge on any atom is -0.444 e. The van der Waals surface area contributed by atoms with Gasteiger partial charge in [-0.1, -0.05) is 6.07 Å². The third-order valence-electron chi connectivity index (χ3n) is 5.70. The van der Waals surface area contributed by atoms with Crippen molar-refractivity contribution >= 4 is 23.4 Å². The number of pyridine rings is 2. The van der Waals surface area contributed by atoms with Gasteiger partial charge in [0.1, 0.15) is 11.2 Å². The summed E-state index contributed by atoms with van der Waals surface area (Å²) in [5.74, 6) is 0.123. The quantitative estimate of drug-likeness (QED) is 0.491. The molecule has 1 fully saturated rings. The lowest BCUT2D eigenvalue weighted by Crippen LogP contribution is -2.42. The van der Waals surface area contributed by atoms with Crippen molar-refractivity contribution in [3.05, 3.63) is 48.4 Å². The van der Waals surface area contributed by atoms with Gasteiger partial charge in [-0.15, -0.1) is 0 Å². The van der Waals surface area contributed by atoms with Gasteiger partial charge in [0.15, 0.2) is 0 Å². The number of anilines is 1. The Kier molecular flexibility index (Phi) is 6.93. The number of rotatable bonds is 3. The van der Waals surface area contributed by atoms with Crippen LogP contribution < -0.4 is 5.32 Å². The van der Waals surface area contributed by atoms with Crippen LogP contribution in [0.1, 0.15) is 66.0 Å². The summed E-state index contributed by atoms with van der Waals surface area (Å²) >= 11 is 0. The number of likely N-dealkylation sites (tertiary alicyclic amines) is 1. The first-order valence-electron chi connectivity index (χ1n) is 12.3. The second kappa shape index (κ2) is 9.79. The van der Waals surface area contributed by atoms with Crippen molar-refractivity contribution in [1.29, 1.82) is 0 Å². The lowest BCUT2D eigenvalue weighted by atomic mass is 9.94. The van der Waals surface area contributed by atoms with Gasteiger partial charge in [0.25, 0.3) is 0 Å². The monoisotopic (exact) mass is 493 g/mol. The van der Waals surface area contributed by atoms with Gasteiger partial charge in [0.05, 0.1) is 17.4 Å². The van der Waals surface area contributed by atoms with Crippen LogP contribution in [0.25, 0.3) is 16.8 Å². The number of carbonyl (C=O) groups excluding carboxylic acids is 2. The molecule has 3 aromatic rings. The van der Waals surface area contributed by atoms with E-state index in [1.165, 1.54) is 0 Å². The van der Waals surface area contributed by atoms with E-state index < -0.39 is 17.3 Å². The Morgan fingerprint density at radius 1 is 1.06 bits per heavy atom. The maximum Gasteiger partial charge on any atom is 0.412 e. The van der Waals surface area contributed by atoms with E-state index in [0.29, 0.717) is 18.8 Å². The summed E-state index contributed by atoms with van der Waals surface area (Å²) in [6.07, 6.45) is 4.61. The number of carbonyl (C=O) groups is 2. The van der Waals surface area contributed by atoms with Crippen molar-refractivity contribution in [2.75, 3.05) is 18.4 Å². The molecular weight excluding hydrogens is 458 g/mol. The zero-order valence-electron chi connectivity index (χ0n) is 21.9. The summed E-state index contributed by atoms with van der Waals surface area (Å²) in [6, 6.07) is 9.56. The fourth-order valence-corrected chi connectivity index (χ4v) is 4.22. The van der Waals surface area contributed by atoms with E-state index in [2.05, 4.69) is 10.4 Å². The topological polar surface area (TPSA) is 98.1 Å². The van der Waals surface area contributed by atoms with Gasteiger partial charge in [-0.05, 0) is 78.6 Å². The summed E-state index contributed by atoms with van der Waals surface area (Å²) < 4.78 is 12.7. The zero-order chi connectivity index (χ0) is 26.1. The molecule has 0 radical (unpaired) electrons. The van der Waals surface area contributed by atoms with Crippen LogP contribution in [0.5, 0.6) is 0 Å². The predicted octanol–water partition coefficient (Wildman–Crippen LogP) is 5.86. The Morgan fingerprint density at radius 3 is 2.53 bits per heavy atom. The summed E-state index contributed by atoms with van der Waals surface area (Å²) in [4.78, 5) is 31.6. The Balaban J connectivity index is 1.55. The first-order chi connectivity index (χ1) is 16.9. The molecule has 1 atom stereocenters. The summed E-state index contributed by atoms with van der Waals surface area (Å²) in [6.45, 7) is 12.4. The average Bonchev–Trinajstić information content (AvgIpc) is 3.20. The molecule has 1 unspecified atom stereocenters. The number of hydrogen-bond acceptors (Lipinski definition) is 6. The maximum absolute atomic E-state index is 12.6. The SMILES string of the molecule is CC(C)(C)OC(=O)Nc1ccn2ncc(-c3cccc(C4CCCN(C(=O)OC(C)(C)C)C4)n3)c2c1. The molecule has 0 bridgehead atoms. The molecule has 1 saturated heterocycles. The van der Waals surface area contributed by atoms with Crippen LogP contribution in [-0.2, 0) is 9.47 Å². The average molecular weight is 494 g/mol. The number of amides is 2. The molecule has 3 aromatic heterocycles. The van der Waals surface area contributed by atoms with Gasteiger partial charge in [-0.25, -0.2) is 14.1 Å². The minimum atomic E-state index is -0.585. The van der Waals surface area contributed by atoms with Gasteiger partial charge < -0.3 is 14.4 Å². The van der Waals surface area contributed by atoms with E-state index in [9.17, 15) is 9.59 Å². The van der Waals surface area contributed by atoms with Crippen LogP contribution in [0.15, 0.2) is 42.7 Å². The van der Waals surface area contributed by atoms with E-state index in [-0.39, 0.29) is 12.0 Å². The lowest BCUT2D eigenvalue weighted by molar-refractivity contribution is 0.0197. The molecule has 9 heteroatoms. The molecule has 4 rings (SSSR count). The molecule has 0 aliphatic carbocycles. The highest BCUT2D eigenvalue weighted by molar-refractivity contribution is 5.88. The summed E-state index contributed by atoms with van der Waals surface area (Å²) in [7, 11) is 0. The maximum atomic E-state index is 12.6. The Bertz CT molecular complexity index is 1260. The van der Waals surface area contributed by atoms with Crippen LogP contribution in [0.2, 0.25) is 0 Å². The van der Waals surface area contributed by atoms with Gasteiger partial charge in [-0.3, -0.25) is 10.3 Å².